The molecule has 1 amide bonds. The number of anilines is 1. The molecular formula is C21H19ClN4O2S. The Bertz CT molecular complexity index is 1110. The van der Waals surface area contributed by atoms with Gasteiger partial charge in [0.05, 0.1) is 17.9 Å². The van der Waals surface area contributed by atoms with Crippen LogP contribution in [-0.4, -0.2) is 33.8 Å². The number of thiazole rings is 1. The summed E-state index contributed by atoms with van der Waals surface area (Å²) in [6.45, 7) is 3.48. The van der Waals surface area contributed by atoms with Crippen molar-refractivity contribution >= 4 is 44.2 Å². The van der Waals surface area contributed by atoms with Gasteiger partial charge in [0.2, 0.25) is 0 Å². The third-order valence-corrected chi connectivity index (χ3v) is 5.65. The number of fused-ring (bicyclic) bond motifs is 1. The van der Waals surface area contributed by atoms with Gasteiger partial charge < -0.3 is 4.74 Å². The summed E-state index contributed by atoms with van der Waals surface area (Å²) in [5, 5.41) is 5.44. The second-order valence-electron chi connectivity index (χ2n) is 6.27. The molecule has 0 N–H and O–H groups in total. The van der Waals surface area contributed by atoms with Crippen LogP contribution in [-0.2, 0) is 6.54 Å². The summed E-state index contributed by atoms with van der Waals surface area (Å²) in [5.74, 6) is 0.587. The maximum atomic E-state index is 13.3. The molecule has 2 aromatic heterocycles. The van der Waals surface area contributed by atoms with Gasteiger partial charge in [-0.3, -0.25) is 14.4 Å². The van der Waals surface area contributed by atoms with Crippen LogP contribution in [0.1, 0.15) is 17.3 Å². The number of carbonyl (C=O) groups is 1. The molecule has 0 aliphatic rings. The van der Waals surface area contributed by atoms with Crippen LogP contribution >= 0.6 is 22.9 Å². The Labute approximate surface area is 177 Å². The molecule has 0 saturated carbocycles. The number of halogens is 1. The smallest absolute Gasteiger partial charge is 0.260 e. The maximum Gasteiger partial charge on any atom is 0.260 e. The fourth-order valence-corrected chi connectivity index (χ4v) is 4.10. The Hall–Kier alpha value is -2.90. The quantitative estimate of drug-likeness (QED) is 0.422. The Balaban J connectivity index is 1.70. The number of ether oxygens (including phenoxy) is 1. The SMILES string of the molecule is CCOc1cccc2sc(N(CCn3cccn3)C(=O)c3ccc(Cl)cc3)nc12. The monoisotopic (exact) mass is 426 g/mol. The third-order valence-electron chi connectivity index (χ3n) is 4.35. The first kappa shape index (κ1) is 19.4. The normalized spacial score (nSPS) is 11.0. The van der Waals surface area contributed by atoms with Crippen LogP contribution in [0.15, 0.2) is 60.9 Å². The molecule has 4 rings (SSSR count). The second-order valence-corrected chi connectivity index (χ2v) is 7.71. The number of rotatable bonds is 7. The van der Waals surface area contributed by atoms with Gasteiger partial charge in [0, 0.05) is 29.5 Å². The van der Waals surface area contributed by atoms with Gasteiger partial charge in [0.15, 0.2) is 5.13 Å². The van der Waals surface area contributed by atoms with E-state index in [1.165, 1.54) is 11.3 Å². The predicted molar refractivity (Wildman–Crippen MR) is 116 cm³/mol. The van der Waals surface area contributed by atoms with Gasteiger partial charge in [-0.2, -0.15) is 5.10 Å². The number of carbonyl (C=O) groups excluding carboxylic acids is 1. The van der Waals surface area contributed by atoms with E-state index in [1.807, 2.05) is 37.4 Å². The fourth-order valence-electron chi connectivity index (χ4n) is 2.97. The first-order chi connectivity index (χ1) is 14.2. The molecule has 0 aliphatic heterocycles. The van der Waals surface area contributed by atoms with Gasteiger partial charge in [-0.1, -0.05) is 29.0 Å². The molecule has 0 spiro atoms. The van der Waals surface area contributed by atoms with Gasteiger partial charge >= 0.3 is 0 Å². The van der Waals surface area contributed by atoms with Crippen molar-refractivity contribution in [2.24, 2.45) is 0 Å². The number of aromatic nitrogens is 3. The predicted octanol–water partition coefficient (Wildman–Crippen LogP) is 4.89. The molecule has 2 aromatic carbocycles. The molecule has 0 bridgehead atoms. The zero-order valence-electron chi connectivity index (χ0n) is 15.8. The van der Waals surface area contributed by atoms with Crippen LogP contribution in [0.5, 0.6) is 5.75 Å². The number of benzene rings is 2. The van der Waals surface area contributed by atoms with Gasteiger partial charge in [-0.05, 0) is 49.4 Å². The van der Waals surface area contributed by atoms with Crippen LogP contribution in [0.2, 0.25) is 5.02 Å². The molecule has 29 heavy (non-hydrogen) atoms. The largest absolute Gasteiger partial charge is 0.492 e. The van der Waals surface area contributed by atoms with Crippen LogP contribution in [0, 0.1) is 0 Å². The summed E-state index contributed by atoms with van der Waals surface area (Å²) >= 11 is 7.45. The van der Waals surface area contributed by atoms with Crippen LogP contribution in [0.25, 0.3) is 10.2 Å². The number of hydrogen-bond acceptors (Lipinski definition) is 5. The van der Waals surface area contributed by atoms with Crippen LogP contribution in [0.4, 0.5) is 5.13 Å². The van der Waals surface area contributed by atoms with Gasteiger partial charge in [0.1, 0.15) is 11.3 Å². The Morgan fingerprint density at radius 2 is 2.03 bits per heavy atom. The molecule has 0 radical (unpaired) electrons. The minimum absolute atomic E-state index is 0.133. The molecule has 148 valence electrons. The average Bonchev–Trinajstić information content (AvgIpc) is 3.39. The van der Waals surface area contributed by atoms with E-state index in [9.17, 15) is 4.79 Å². The van der Waals surface area contributed by atoms with E-state index in [0.29, 0.717) is 35.4 Å². The van der Waals surface area contributed by atoms with E-state index in [2.05, 4.69) is 5.10 Å². The lowest BCUT2D eigenvalue weighted by Gasteiger charge is -2.20. The first-order valence-corrected chi connectivity index (χ1v) is 10.4. The molecule has 0 aliphatic carbocycles. The summed E-state index contributed by atoms with van der Waals surface area (Å²) < 4.78 is 8.47. The van der Waals surface area contributed by atoms with E-state index in [-0.39, 0.29) is 5.91 Å². The van der Waals surface area contributed by atoms with E-state index >= 15 is 0 Å². The lowest BCUT2D eigenvalue weighted by molar-refractivity contribution is 0.0986. The van der Waals surface area contributed by atoms with E-state index in [1.54, 1.807) is 40.0 Å². The van der Waals surface area contributed by atoms with Crippen molar-refractivity contribution in [3.8, 4) is 5.75 Å². The Morgan fingerprint density at radius 1 is 1.21 bits per heavy atom. The van der Waals surface area contributed by atoms with Crippen molar-refractivity contribution in [3.63, 3.8) is 0 Å². The van der Waals surface area contributed by atoms with Gasteiger partial charge in [0.25, 0.3) is 5.91 Å². The zero-order chi connectivity index (χ0) is 20.2. The second kappa shape index (κ2) is 8.63. The highest BCUT2D eigenvalue weighted by Crippen LogP contribution is 2.34. The Morgan fingerprint density at radius 3 is 2.76 bits per heavy atom. The molecule has 0 atom stereocenters. The van der Waals surface area contributed by atoms with Crippen molar-refractivity contribution in [3.05, 3.63) is 71.5 Å². The lowest BCUT2D eigenvalue weighted by Crippen LogP contribution is -2.34. The highest BCUT2D eigenvalue weighted by Gasteiger charge is 2.22. The van der Waals surface area contributed by atoms with Gasteiger partial charge in [-0.25, -0.2) is 4.98 Å². The Kier molecular flexibility index (Phi) is 5.78. The van der Waals surface area contributed by atoms with Crippen molar-refractivity contribution in [1.82, 2.24) is 14.8 Å². The fraction of sp³-hybridized carbons (Fsp3) is 0.190. The van der Waals surface area contributed by atoms with E-state index in [0.717, 1.165) is 16.0 Å². The van der Waals surface area contributed by atoms with Crippen molar-refractivity contribution in [1.29, 1.82) is 0 Å². The molecular weight excluding hydrogens is 408 g/mol. The topological polar surface area (TPSA) is 60.2 Å². The summed E-state index contributed by atoms with van der Waals surface area (Å²) in [6, 6.07) is 14.6. The number of nitrogens with zero attached hydrogens (tertiary/aromatic N) is 4. The molecule has 6 nitrogen and oxygen atoms in total. The van der Waals surface area contributed by atoms with Gasteiger partial charge in [-0.15, -0.1) is 0 Å². The summed E-state index contributed by atoms with van der Waals surface area (Å²) in [5.41, 5.74) is 1.32. The third kappa shape index (κ3) is 4.26. The van der Waals surface area contributed by atoms with E-state index in [4.69, 9.17) is 21.3 Å². The zero-order valence-corrected chi connectivity index (χ0v) is 17.4. The minimum Gasteiger partial charge on any atom is -0.492 e. The molecule has 0 fully saturated rings. The summed E-state index contributed by atoms with van der Waals surface area (Å²) in [7, 11) is 0. The van der Waals surface area contributed by atoms with Crippen LogP contribution in [0.3, 0.4) is 0 Å². The summed E-state index contributed by atoms with van der Waals surface area (Å²) in [6.07, 6.45) is 3.59. The standard InChI is InChI=1S/C21H19ClN4O2S/c1-2-28-17-5-3-6-18-19(17)24-21(29-18)26(14-13-25-12-4-11-23-25)20(27)15-7-9-16(22)10-8-15/h3-12H,2,13-14H2,1H3. The summed E-state index contributed by atoms with van der Waals surface area (Å²) in [4.78, 5) is 19.7. The molecule has 0 unspecified atom stereocenters. The molecule has 8 heteroatoms. The van der Waals surface area contributed by atoms with Crippen LogP contribution < -0.4 is 9.64 Å². The number of amides is 1. The minimum atomic E-state index is -0.133. The first-order valence-electron chi connectivity index (χ1n) is 9.23. The highest BCUT2D eigenvalue weighted by molar-refractivity contribution is 7.22. The molecule has 4 aromatic rings. The van der Waals surface area contributed by atoms with Crippen molar-refractivity contribution in [2.45, 2.75) is 13.5 Å². The van der Waals surface area contributed by atoms with Crippen molar-refractivity contribution in [2.75, 3.05) is 18.1 Å². The average molecular weight is 427 g/mol. The number of hydrogen-bond donors (Lipinski definition) is 0. The maximum absolute atomic E-state index is 13.3. The number of para-hydroxylation sites is 1. The molecule has 0 saturated heterocycles. The lowest BCUT2D eigenvalue weighted by atomic mass is 10.2. The van der Waals surface area contributed by atoms with E-state index < -0.39 is 0 Å². The highest BCUT2D eigenvalue weighted by atomic mass is 35.5. The molecule has 2 heterocycles. The van der Waals surface area contributed by atoms with Crippen molar-refractivity contribution < 1.29 is 9.53 Å².